The summed E-state index contributed by atoms with van der Waals surface area (Å²) in [5.41, 5.74) is 2.33. The average molecular weight is 256 g/mol. The maximum absolute atomic E-state index is 12.3. The van der Waals surface area contributed by atoms with Crippen LogP contribution in [0.3, 0.4) is 0 Å². The van der Waals surface area contributed by atoms with Crippen molar-refractivity contribution in [3.05, 3.63) is 41.5 Å². The molecule has 2 aliphatic heterocycles. The van der Waals surface area contributed by atoms with Crippen molar-refractivity contribution in [1.29, 1.82) is 0 Å². The third-order valence-corrected chi connectivity index (χ3v) is 4.22. The maximum atomic E-state index is 12.3. The zero-order valence-corrected chi connectivity index (χ0v) is 11.4. The quantitative estimate of drug-likeness (QED) is 0.755. The molecule has 100 valence electrons. The molecule has 2 saturated heterocycles. The van der Waals surface area contributed by atoms with Crippen LogP contribution in [0.1, 0.15) is 17.5 Å². The molecular weight excluding hydrogens is 236 g/mol. The number of benzene rings is 1. The summed E-state index contributed by atoms with van der Waals surface area (Å²) in [5, 5.41) is 0. The van der Waals surface area contributed by atoms with Gasteiger partial charge in [-0.3, -0.25) is 9.69 Å². The largest absolute Gasteiger partial charge is 0.334 e. The highest BCUT2D eigenvalue weighted by atomic mass is 16.2. The minimum Gasteiger partial charge on any atom is -0.334 e. The van der Waals surface area contributed by atoms with E-state index in [1.54, 1.807) is 6.08 Å². The molecule has 2 bridgehead atoms. The molecule has 0 spiro atoms. The van der Waals surface area contributed by atoms with E-state index in [2.05, 4.69) is 17.9 Å². The van der Waals surface area contributed by atoms with Crippen molar-refractivity contribution >= 4 is 12.0 Å². The number of nitrogens with zero attached hydrogens (tertiary/aromatic N) is 2. The van der Waals surface area contributed by atoms with Crippen LogP contribution in [-0.2, 0) is 4.79 Å². The number of hydrogen-bond donors (Lipinski definition) is 0. The fourth-order valence-electron chi connectivity index (χ4n) is 3.02. The van der Waals surface area contributed by atoms with Crippen LogP contribution in [0.4, 0.5) is 0 Å². The van der Waals surface area contributed by atoms with E-state index in [1.807, 2.05) is 29.2 Å². The molecule has 3 heteroatoms. The van der Waals surface area contributed by atoms with E-state index in [-0.39, 0.29) is 5.91 Å². The molecule has 2 unspecified atom stereocenters. The summed E-state index contributed by atoms with van der Waals surface area (Å²) in [6.45, 7) is 6.18. The number of hydrogen-bond acceptors (Lipinski definition) is 2. The van der Waals surface area contributed by atoms with E-state index < -0.39 is 0 Å². The van der Waals surface area contributed by atoms with Crippen LogP contribution in [0.25, 0.3) is 6.08 Å². The molecule has 2 fully saturated rings. The molecule has 0 radical (unpaired) electrons. The molecule has 1 amide bonds. The van der Waals surface area contributed by atoms with E-state index in [0.717, 1.165) is 38.2 Å². The van der Waals surface area contributed by atoms with Crippen LogP contribution in [0, 0.1) is 6.92 Å². The fraction of sp³-hybridized carbons (Fsp3) is 0.438. The van der Waals surface area contributed by atoms with Gasteiger partial charge in [-0.15, -0.1) is 0 Å². The van der Waals surface area contributed by atoms with Gasteiger partial charge in [0, 0.05) is 38.3 Å². The summed E-state index contributed by atoms with van der Waals surface area (Å²) in [6.07, 6.45) is 4.80. The molecule has 2 atom stereocenters. The topological polar surface area (TPSA) is 23.6 Å². The fourth-order valence-corrected chi connectivity index (χ4v) is 3.02. The lowest BCUT2D eigenvalue weighted by Crippen LogP contribution is -2.48. The van der Waals surface area contributed by atoms with Crippen molar-refractivity contribution in [3.63, 3.8) is 0 Å². The van der Waals surface area contributed by atoms with Gasteiger partial charge in [0.2, 0.25) is 5.91 Å². The van der Waals surface area contributed by atoms with Gasteiger partial charge in [-0.1, -0.05) is 24.3 Å². The van der Waals surface area contributed by atoms with E-state index >= 15 is 0 Å². The van der Waals surface area contributed by atoms with E-state index in [0.29, 0.717) is 6.04 Å². The Balaban J connectivity index is 1.69. The summed E-state index contributed by atoms with van der Waals surface area (Å²) >= 11 is 0. The van der Waals surface area contributed by atoms with Crippen molar-refractivity contribution in [2.75, 3.05) is 26.2 Å². The van der Waals surface area contributed by atoms with Gasteiger partial charge < -0.3 is 4.90 Å². The summed E-state index contributed by atoms with van der Waals surface area (Å²) in [7, 11) is 0. The van der Waals surface area contributed by atoms with Crippen molar-refractivity contribution in [2.45, 2.75) is 19.4 Å². The van der Waals surface area contributed by atoms with Gasteiger partial charge in [0.25, 0.3) is 0 Å². The van der Waals surface area contributed by atoms with Crippen molar-refractivity contribution < 1.29 is 4.79 Å². The van der Waals surface area contributed by atoms with Crippen molar-refractivity contribution in [1.82, 2.24) is 9.80 Å². The molecule has 3 rings (SSSR count). The molecular formula is C16H20N2O. The molecule has 2 aliphatic rings. The van der Waals surface area contributed by atoms with Crippen LogP contribution in [0.15, 0.2) is 30.3 Å². The summed E-state index contributed by atoms with van der Waals surface area (Å²) in [5.74, 6) is 0.162. The minimum absolute atomic E-state index is 0.162. The van der Waals surface area contributed by atoms with Crippen LogP contribution >= 0.6 is 0 Å². The molecule has 0 saturated carbocycles. The molecule has 1 aromatic rings. The van der Waals surface area contributed by atoms with Gasteiger partial charge in [-0.2, -0.15) is 0 Å². The van der Waals surface area contributed by atoms with E-state index in [4.69, 9.17) is 0 Å². The second kappa shape index (κ2) is 5.17. The Morgan fingerprint density at radius 3 is 2.95 bits per heavy atom. The lowest BCUT2D eigenvalue weighted by molar-refractivity contribution is -0.129. The van der Waals surface area contributed by atoms with Gasteiger partial charge in [-0.05, 0) is 30.5 Å². The molecule has 1 aromatic carbocycles. The Bertz CT molecular complexity index is 509. The summed E-state index contributed by atoms with van der Waals surface area (Å²) < 4.78 is 0. The summed E-state index contributed by atoms with van der Waals surface area (Å²) in [6, 6.07) is 8.58. The zero-order chi connectivity index (χ0) is 13.2. The highest BCUT2D eigenvalue weighted by Crippen LogP contribution is 2.21. The number of piperazine rings is 1. The number of rotatable bonds is 2. The third-order valence-electron chi connectivity index (χ3n) is 4.22. The first-order chi connectivity index (χ1) is 9.24. The van der Waals surface area contributed by atoms with Gasteiger partial charge in [-0.25, -0.2) is 0 Å². The normalized spacial score (nSPS) is 26.1. The van der Waals surface area contributed by atoms with Crippen molar-refractivity contribution in [3.8, 4) is 0 Å². The molecule has 2 heterocycles. The van der Waals surface area contributed by atoms with E-state index in [9.17, 15) is 4.79 Å². The first-order valence-electron chi connectivity index (χ1n) is 7.01. The molecule has 0 aromatic heterocycles. The van der Waals surface area contributed by atoms with E-state index in [1.165, 1.54) is 5.56 Å². The Kier molecular flexibility index (Phi) is 3.38. The standard InChI is InChI=1S/C16H20N2O/c1-13-4-2-3-5-14(13)6-7-16(19)18-11-10-17-9-8-15(18)12-17/h2-7,15H,8-12H2,1H3. The number of aryl methyl sites for hydroxylation is 1. The van der Waals surface area contributed by atoms with Gasteiger partial charge in [0.05, 0.1) is 0 Å². The number of amides is 1. The van der Waals surface area contributed by atoms with Gasteiger partial charge in [0.15, 0.2) is 0 Å². The molecule has 0 N–H and O–H groups in total. The Morgan fingerprint density at radius 2 is 2.11 bits per heavy atom. The predicted octanol–water partition coefficient (Wildman–Crippen LogP) is 1.92. The van der Waals surface area contributed by atoms with Crippen molar-refractivity contribution in [2.24, 2.45) is 0 Å². The monoisotopic (exact) mass is 256 g/mol. The van der Waals surface area contributed by atoms with Gasteiger partial charge in [0.1, 0.15) is 0 Å². The maximum Gasteiger partial charge on any atom is 0.246 e. The number of fused-ring (bicyclic) bond motifs is 2. The average Bonchev–Trinajstić information content (AvgIpc) is 2.79. The summed E-state index contributed by atoms with van der Waals surface area (Å²) in [4.78, 5) is 16.8. The second-order valence-corrected chi connectivity index (χ2v) is 5.46. The minimum atomic E-state index is 0.162. The Hall–Kier alpha value is -1.61. The predicted molar refractivity (Wildman–Crippen MR) is 76.8 cm³/mol. The lowest BCUT2D eigenvalue weighted by atomic mass is 10.1. The third kappa shape index (κ3) is 2.56. The van der Waals surface area contributed by atoms with Gasteiger partial charge >= 0.3 is 0 Å². The van der Waals surface area contributed by atoms with Crippen LogP contribution in [0.2, 0.25) is 0 Å². The molecule has 3 nitrogen and oxygen atoms in total. The smallest absolute Gasteiger partial charge is 0.246 e. The second-order valence-electron chi connectivity index (χ2n) is 5.46. The lowest BCUT2D eigenvalue weighted by Gasteiger charge is -2.33. The van der Waals surface area contributed by atoms with Crippen LogP contribution < -0.4 is 0 Å². The molecule has 19 heavy (non-hydrogen) atoms. The first kappa shape index (κ1) is 12.4. The van der Waals surface area contributed by atoms with Crippen LogP contribution in [-0.4, -0.2) is 47.9 Å². The first-order valence-corrected chi connectivity index (χ1v) is 7.01. The highest BCUT2D eigenvalue weighted by Gasteiger charge is 2.34. The Labute approximate surface area is 114 Å². The SMILES string of the molecule is Cc1ccccc1C=CC(=O)N1CCN2CCC1C2. The van der Waals surface area contributed by atoms with Crippen LogP contribution in [0.5, 0.6) is 0 Å². The number of carbonyl (C=O) groups excluding carboxylic acids is 1. The number of carbonyl (C=O) groups is 1. The molecule has 0 aliphatic carbocycles. The highest BCUT2D eigenvalue weighted by molar-refractivity contribution is 5.92. The zero-order valence-electron chi connectivity index (χ0n) is 11.4. The Morgan fingerprint density at radius 1 is 1.26 bits per heavy atom.